The number of nitrogens with one attached hydrogen (secondary N) is 1. The van der Waals surface area contributed by atoms with Gasteiger partial charge < -0.3 is 11.1 Å². The van der Waals surface area contributed by atoms with Crippen LogP contribution in [0.2, 0.25) is 0 Å². The molecule has 0 aromatic heterocycles. The van der Waals surface area contributed by atoms with Crippen molar-refractivity contribution in [3.63, 3.8) is 0 Å². The highest BCUT2D eigenvalue weighted by atomic mass is 16.2. The summed E-state index contributed by atoms with van der Waals surface area (Å²) in [5.41, 5.74) is 4.92. The molecular weight excluding hydrogens is 182 g/mol. The Morgan fingerprint density at radius 3 is 2.86 bits per heavy atom. The predicted octanol–water partition coefficient (Wildman–Crippen LogP) is -1.32. The molecule has 0 saturated carbocycles. The van der Waals surface area contributed by atoms with Gasteiger partial charge in [0.15, 0.2) is 0 Å². The fourth-order valence-electron chi connectivity index (χ4n) is 2.56. The zero-order chi connectivity index (χ0) is 10.3. The number of nitrogens with two attached hydrogens (primary N) is 1. The Bertz CT molecular complexity index is 292. The molecule has 2 unspecified atom stereocenters. The third kappa shape index (κ3) is 1.19. The van der Waals surface area contributed by atoms with E-state index in [1.54, 1.807) is 0 Å². The first kappa shape index (κ1) is 9.45. The predicted molar refractivity (Wildman–Crippen MR) is 50.3 cm³/mol. The standard InChI is InChI=1S/C9H15N3O2/c1-12-5-9(2-3-11-8(9)14)4-6(12)7(10)13/h6H,2-5H2,1H3,(H2,10,13)(H,11,14). The van der Waals surface area contributed by atoms with Crippen LogP contribution in [0.4, 0.5) is 0 Å². The molecule has 2 amide bonds. The molecule has 2 rings (SSSR count). The smallest absolute Gasteiger partial charge is 0.234 e. The molecule has 0 bridgehead atoms. The highest BCUT2D eigenvalue weighted by molar-refractivity contribution is 5.88. The van der Waals surface area contributed by atoms with Crippen LogP contribution in [-0.4, -0.2) is 42.9 Å². The molecular formula is C9H15N3O2. The molecule has 0 aromatic carbocycles. The summed E-state index contributed by atoms with van der Waals surface area (Å²) >= 11 is 0. The molecule has 78 valence electrons. The summed E-state index contributed by atoms with van der Waals surface area (Å²) in [4.78, 5) is 24.6. The van der Waals surface area contributed by atoms with Crippen molar-refractivity contribution >= 4 is 11.8 Å². The average Bonchev–Trinajstić information content (AvgIpc) is 2.59. The molecule has 14 heavy (non-hydrogen) atoms. The summed E-state index contributed by atoms with van der Waals surface area (Å²) in [6, 6.07) is -0.279. The Kier molecular flexibility index (Phi) is 1.99. The van der Waals surface area contributed by atoms with Gasteiger partial charge in [-0.15, -0.1) is 0 Å². The molecule has 2 saturated heterocycles. The Morgan fingerprint density at radius 2 is 2.43 bits per heavy atom. The molecule has 2 fully saturated rings. The second-order valence-electron chi connectivity index (χ2n) is 4.32. The monoisotopic (exact) mass is 197 g/mol. The van der Waals surface area contributed by atoms with Gasteiger partial charge in [0.2, 0.25) is 11.8 Å². The number of rotatable bonds is 1. The Balaban J connectivity index is 2.19. The van der Waals surface area contributed by atoms with Crippen LogP contribution in [0.3, 0.4) is 0 Å². The van der Waals surface area contributed by atoms with Gasteiger partial charge in [0.25, 0.3) is 0 Å². The van der Waals surface area contributed by atoms with Crippen molar-refractivity contribution in [1.82, 2.24) is 10.2 Å². The number of nitrogens with zero attached hydrogens (tertiary/aromatic N) is 1. The van der Waals surface area contributed by atoms with E-state index in [4.69, 9.17) is 5.73 Å². The van der Waals surface area contributed by atoms with Crippen LogP contribution in [0.15, 0.2) is 0 Å². The van der Waals surface area contributed by atoms with E-state index in [2.05, 4.69) is 5.32 Å². The first-order chi connectivity index (χ1) is 6.55. The largest absolute Gasteiger partial charge is 0.368 e. The number of carbonyl (C=O) groups is 2. The molecule has 3 N–H and O–H groups in total. The molecule has 0 aromatic rings. The minimum Gasteiger partial charge on any atom is -0.368 e. The van der Waals surface area contributed by atoms with Crippen molar-refractivity contribution in [2.24, 2.45) is 11.1 Å². The van der Waals surface area contributed by atoms with Crippen molar-refractivity contribution in [3.8, 4) is 0 Å². The summed E-state index contributed by atoms with van der Waals surface area (Å²) in [5.74, 6) is -0.253. The van der Waals surface area contributed by atoms with Crippen LogP contribution in [0, 0.1) is 5.41 Å². The molecule has 0 radical (unpaired) electrons. The lowest BCUT2D eigenvalue weighted by Crippen LogP contribution is -2.37. The Hall–Kier alpha value is -1.10. The Morgan fingerprint density at radius 1 is 1.71 bits per heavy atom. The second-order valence-corrected chi connectivity index (χ2v) is 4.32. The first-order valence-electron chi connectivity index (χ1n) is 4.83. The number of likely N-dealkylation sites (tertiary alicyclic amines) is 1. The SMILES string of the molecule is CN1CC2(CCNC2=O)CC1C(N)=O. The molecule has 5 heteroatoms. The average molecular weight is 197 g/mol. The lowest BCUT2D eigenvalue weighted by molar-refractivity contribution is -0.127. The lowest BCUT2D eigenvalue weighted by Gasteiger charge is -2.18. The summed E-state index contributed by atoms with van der Waals surface area (Å²) in [6.45, 7) is 1.37. The maximum atomic E-state index is 11.6. The molecule has 0 aliphatic carbocycles. The number of hydrogen-bond donors (Lipinski definition) is 2. The van der Waals surface area contributed by atoms with E-state index in [0.717, 1.165) is 13.0 Å². The highest BCUT2D eigenvalue weighted by Gasteiger charge is 2.51. The van der Waals surface area contributed by atoms with Crippen LogP contribution in [0.1, 0.15) is 12.8 Å². The van der Waals surface area contributed by atoms with E-state index in [1.807, 2.05) is 11.9 Å². The van der Waals surface area contributed by atoms with Gasteiger partial charge in [-0.05, 0) is 19.9 Å². The number of likely N-dealkylation sites (N-methyl/N-ethyl adjacent to an activating group) is 1. The van der Waals surface area contributed by atoms with E-state index in [1.165, 1.54) is 0 Å². The number of amides is 2. The van der Waals surface area contributed by atoms with E-state index >= 15 is 0 Å². The third-order valence-corrected chi connectivity index (χ3v) is 3.37. The summed E-state index contributed by atoms with van der Waals surface area (Å²) in [6.07, 6.45) is 1.39. The number of carbonyl (C=O) groups excluding carboxylic acids is 2. The highest BCUT2D eigenvalue weighted by Crippen LogP contribution is 2.39. The van der Waals surface area contributed by atoms with Crippen LogP contribution < -0.4 is 11.1 Å². The molecule has 2 heterocycles. The van der Waals surface area contributed by atoms with E-state index in [9.17, 15) is 9.59 Å². The summed E-state index contributed by atoms with van der Waals surface area (Å²) in [5, 5.41) is 2.81. The summed E-state index contributed by atoms with van der Waals surface area (Å²) < 4.78 is 0. The van der Waals surface area contributed by atoms with Crippen molar-refractivity contribution in [3.05, 3.63) is 0 Å². The van der Waals surface area contributed by atoms with Gasteiger partial charge in [0.05, 0.1) is 11.5 Å². The van der Waals surface area contributed by atoms with Crippen molar-refractivity contribution in [1.29, 1.82) is 0 Å². The first-order valence-corrected chi connectivity index (χ1v) is 4.83. The van der Waals surface area contributed by atoms with Gasteiger partial charge in [0, 0.05) is 13.1 Å². The van der Waals surface area contributed by atoms with Gasteiger partial charge in [-0.3, -0.25) is 14.5 Å². The van der Waals surface area contributed by atoms with Crippen molar-refractivity contribution in [2.75, 3.05) is 20.1 Å². The van der Waals surface area contributed by atoms with Crippen LogP contribution in [0.5, 0.6) is 0 Å². The maximum Gasteiger partial charge on any atom is 0.234 e. The minimum absolute atomic E-state index is 0.0769. The fourth-order valence-corrected chi connectivity index (χ4v) is 2.56. The van der Waals surface area contributed by atoms with E-state index < -0.39 is 0 Å². The number of primary amides is 1. The van der Waals surface area contributed by atoms with Crippen LogP contribution >= 0.6 is 0 Å². The van der Waals surface area contributed by atoms with Gasteiger partial charge in [-0.2, -0.15) is 0 Å². The quantitative estimate of drug-likeness (QED) is 0.547. The maximum absolute atomic E-state index is 11.6. The fraction of sp³-hybridized carbons (Fsp3) is 0.778. The Labute approximate surface area is 82.6 Å². The molecule has 2 aliphatic heterocycles. The van der Waals surface area contributed by atoms with Gasteiger partial charge in [-0.1, -0.05) is 0 Å². The second kappa shape index (κ2) is 2.95. The molecule has 2 aliphatic rings. The van der Waals surface area contributed by atoms with Gasteiger partial charge >= 0.3 is 0 Å². The molecule has 1 spiro atoms. The zero-order valence-corrected chi connectivity index (χ0v) is 8.25. The minimum atomic E-state index is -0.353. The molecule has 5 nitrogen and oxygen atoms in total. The lowest BCUT2D eigenvalue weighted by atomic mass is 9.84. The topological polar surface area (TPSA) is 75.4 Å². The zero-order valence-electron chi connectivity index (χ0n) is 8.25. The van der Waals surface area contributed by atoms with E-state index in [0.29, 0.717) is 13.0 Å². The normalized spacial score (nSPS) is 37.8. The number of hydrogen-bond acceptors (Lipinski definition) is 3. The summed E-state index contributed by atoms with van der Waals surface area (Å²) in [7, 11) is 1.84. The van der Waals surface area contributed by atoms with Gasteiger partial charge in [0.1, 0.15) is 0 Å². The van der Waals surface area contributed by atoms with Crippen molar-refractivity contribution in [2.45, 2.75) is 18.9 Å². The van der Waals surface area contributed by atoms with Crippen molar-refractivity contribution < 1.29 is 9.59 Å². The van der Waals surface area contributed by atoms with E-state index in [-0.39, 0.29) is 23.3 Å². The molecule has 2 atom stereocenters. The van der Waals surface area contributed by atoms with Gasteiger partial charge in [-0.25, -0.2) is 0 Å². The van der Waals surface area contributed by atoms with Crippen LogP contribution in [0.25, 0.3) is 0 Å². The van der Waals surface area contributed by atoms with Crippen LogP contribution in [-0.2, 0) is 9.59 Å². The third-order valence-electron chi connectivity index (χ3n) is 3.37.